The number of rotatable bonds is 3. The van der Waals surface area contributed by atoms with Gasteiger partial charge in [-0.2, -0.15) is 0 Å². The average Bonchev–Trinajstić information content (AvgIpc) is 2.39. The molecule has 1 aromatic carbocycles. The van der Waals surface area contributed by atoms with Crippen LogP contribution in [-0.2, 0) is 9.53 Å². The predicted octanol–water partition coefficient (Wildman–Crippen LogP) is 3.66. The van der Waals surface area contributed by atoms with Gasteiger partial charge in [-0.3, -0.25) is 4.79 Å². The van der Waals surface area contributed by atoms with Crippen LogP contribution in [0.25, 0.3) is 0 Å². The highest BCUT2D eigenvalue weighted by Crippen LogP contribution is 2.36. The van der Waals surface area contributed by atoms with Crippen molar-refractivity contribution in [3.05, 3.63) is 35.6 Å². The summed E-state index contributed by atoms with van der Waals surface area (Å²) in [5.41, 5.74) is 1.05. The van der Waals surface area contributed by atoms with Crippen molar-refractivity contribution in [3.8, 4) is 0 Å². The van der Waals surface area contributed by atoms with Gasteiger partial charge in [0.05, 0.1) is 12.5 Å². The molecule has 0 bridgehead atoms. The Hall–Kier alpha value is -1.38. The second kappa shape index (κ2) is 5.98. The van der Waals surface area contributed by atoms with E-state index in [4.69, 9.17) is 4.74 Å². The molecule has 0 heterocycles. The minimum Gasteiger partial charge on any atom is -0.466 e. The van der Waals surface area contributed by atoms with Crippen LogP contribution in [0.4, 0.5) is 4.39 Å². The molecule has 0 atom stereocenters. The van der Waals surface area contributed by atoms with E-state index in [9.17, 15) is 9.18 Å². The number of carbonyl (C=O) groups excluding carboxylic acids is 1. The Morgan fingerprint density at radius 3 is 2.67 bits per heavy atom. The first-order valence-corrected chi connectivity index (χ1v) is 6.62. The van der Waals surface area contributed by atoms with Gasteiger partial charge in [-0.1, -0.05) is 12.1 Å². The van der Waals surface area contributed by atoms with Crippen LogP contribution >= 0.6 is 0 Å². The van der Waals surface area contributed by atoms with Gasteiger partial charge in [0.1, 0.15) is 5.82 Å². The number of ether oxygens (including phenoxy) is 1. The zero-order chi connectivity index (χ0) is 13.0. The molecule has 0 spiro atoms. The minimum absolute atomic E-state index is 0.0368. The lowest BCUT2D eigenvalue weighted by molar-refractivity contribution is -0.149. The van der Waals surface area contributed by atoms with Gasteiger partial charge in [0.25, 0.3) is 0 Å². The van der Waals surface area contributed by atoms with Crippen LogP contribution in [0.1, 0.15) is 44.1 Å². The molecular weight excluding hydrogens is 231 g/mol. The van der Waals surface area contributed by atoms with Crippen molar-refractivity contribution < 1.29 is 13.9 Å². The monoisotopic (exact) mass is 250 g/mol. The van der Waals surface area contributed by atoms with Crippen LogP contribution in [0.15, 0.2) is 24.3 Å². The third-order valence-corrected chi connectivity index (χ3v) is 3.67. The molecule has 0 saturated heterocycles. The number of hydrogen-bond acceptors (Lipinski definition) is 2. The van der Waals surface area contributed by atoms with Crippen LogP contribution in [0.2, 0.25) is 0 Å². The molecule has 1 aliphatic carbocycles. The topological polar surface area (TPSA) is 26.3 Å². The first kappa shape index (κ1) is 13.1. The molecule has 18 heavy (non-hydrogen) atoms. The number of halogens is 1. The zero-order valence-corrected chi connectivity index (χ0v) is 10.7. The highest BCUT2D eigenvalue weighted by Gasteiger charge is 2.27. The van der Waals surface area contributed by atoms with E-state index >= 15 is 0 Å². The summed E-state index contributed by atoms with van der Waals surface area (Å²) in [6.45, 7) is 2.28. The Bertz CT molecular complexity index is 409. The van der Waals surface area contributed by atoms with Gasteiger partial charge < -0.3 is 4.74 Å². The molecule has 2 rings (SSSR count). The lowest BCUT2D eigenvalue weighted by atomic mass is 9.79. The molecule has 1 aliphatic rings. The zero-order valence-electron chi connectivity index (χ0n) is 10.7. The van der Waals surface area contributed by atoms with Gasteiger partial charge in [0, 0.05) is 0 Å². The SMILES string of the molecule is CCOC(=O)C1CCC(c2cccc(F)c2)CC1. The Balaban J connectivity index is 1.92. The number of benzene rings is 1. The van der Waals surface area contributed by atoms with Crippen molar-refractivity contribution in [1.29, 1.82) is 0 Å². The van der Waals surface area contributed by atoms with E-state index in [0.717, 1.165) is 31.2 Å². The third kappa shape index (κ3) is 3.09. The third-order valence-electron chi connectivity index (χ3n) is 3.67. The number of carbonyl (C=O) groups is 1. The predicted molar refractivity (Wildman–Crippen MR) is 67.7 cm³/mol. The quantitative estimate of drug-likeness (QED) is 0.765. The summed E-state index contributed by atoms with van der Waals surface area (Å²) in [6, 6.07) is 6.80. The standard InChI is InChI=1S/C15H19FO2/c1-2-18-15(17)12-8-6-11(7-9-12)13-4-3-5-14(16)10-13/h3-5,10-12H,2,6-9H2,1H3. The molecule has 1 aromatic rings. The van der Waals surface area contributed by atoms with E-state index in [0.29, 0.717) is 12.5 Å². The summed E-state index contributed by atoms with van der Waals surface area (Å²) in [4.78, 5) is 11.6. The molecule has 98 valence electrons. The van der Waals surface area contributed by atoms with E-state index in [1.807, 2.05) is 13.0 Å². The maximum atomic E-state index is 13.2. The van der Waals surface area contributed by atoms with Crippen molar-refractivity contribution in [2.24, 2.45) is 5.92 Å². The van der Waals surface area contributed by atoms with Crippen molar-refractivity contribution in [2.75, 3.05) is 6.61 Å². The Kier molecular flexibility index (Phi) is 4.34. The summed E-state index contributed by atoms with van der Waals surface area (Å²) in [6.07, 6.45) is 3.57. The lowest BCUT2D eigenvalue weighted by Crippen LogP contribution is -2.23. The van der Waals surface area contributed by atoms with Gasteiger partial charge >= 0.3 is 5.97 Å². The van der Waals surface area contributed by atoms with E-state index in [-0.39, 0.29) is 17.7 Å². The highest BCUT2D eigenvalue weighted by atomic mass is 19.1. The second-order valence-corrected chi connectivity index (χ2v) is 4.86. The minimum atomic E-state index is -0.181. The molecule has 3 heteroatoms. The van der Waals surface area contributed by atoms with Gasteiger partial charge in [-0.15, -0.1) is 0 Å². The summed E-state index contributed by atoms with van der Waals surface area (Å²) in [5, 5.41) is 0. The molecule has 0 radical (unpaired) electrons. The molecule has 0 N–H and O–H groups in total. The summed E-state index contributed by atoms with van der Waals surface area (Å²) in [5.74, 6) is 0.163. The molecule has 0 unspecified atom stereocenters. The van der Waals surface area contributed by atoms with E-state index < -0.39 is 0 Å². The normalized spacial score (nSPS) is 23.7. The van der Waals surface area contributed by atoms with E-state index in [1.54, 1.807) is 12.1 Å². The summed E-state index contributed by atoms with van der Waals surface area (Å²) >= 11 is 0. The Labute approximate surface area is 107 Å². The fourth-order valence-electron chi connectivity index (χ4n) is 2.68. The molecule has 0 amide bonds. The molecule has 2 nitrogen and oxygen atoms in total. The van der Waals surface area contributed by atoms with Crippen LogP contribution in [0.3, 0.4) is 0 Å². The molecule has 1 saturated carbocycles. The van der Waals surface area contributed by atoms with Crippen LogP contribution in [0.5, 0.6) is 0 Å². The first-order chi connectivity index (χ1) is 8.70. The van der Waals surface area contributed by atoms with Gasteiger partial charge in [-0.25, -0.2) is 4.39 Å². The second-order valence-electron chi connectivity index (χ2n) is 4.86. The maximum Gasteiger partial charge on any atom is 0.308 e. The Morgan fingerprint density at radius 2 is 2.06 bits per heavy atom. The van der Waals surface area contributed by atoms with Crippen molar-refractivity contribution >= 4 is 5.97 Å². The number of esters is 1. The summed E-state index contributed by atoms with van der Waals surface area (Å²) in [7, 11) is 0. The van der Waals surface area contributed by atoms with E-state index in [2.05, 4.69) is 0 Å². The molecule has 0 aliphatic heterocycles. The Morgan fingerprint density at radius 1 is 1.33 bits per heavy atom. The van der Waals surface area contributed by atoms with Gasteiger partial charge in [0.15, 0.2) is 0 Å². The van der Waals surface area contributed by atoms with Crippen LogP contribution < -0.4 is 0 Å². The van der Waals surface area contributed by atoms with Crippen molar-refractivity contribution in [3.63, 3.8) is 0 Å². The van der Waals surface area contributed by atoms with Crippen molar-refractivity contribution in [2.45, 2.75) is 38.5 Å². The summed E-state index contributed by atoms with van der Waals surface area (Å²) < 4.78 is 18.2. The fourth-order valence-corrected chi connectivity index (χ4v) is 2.68. The van der Waals surface area contributed by atoms with Crippen molar-refractivity contribution in [1.82, 2.24) is 0 Å². The lowest BCUT2D eigenvalue weighted by Gasteiger charge is -2.27. The molecule has 1 fully saturated rings. The maximum absolute atomic E-state index is 13.2. The highest BCUT2D eigenvalue weighted by molar-refractivity contribution is 5.72. The van der Waals surface area contributed by atoms with Gasteiger partial charge in [0.2, 0.25) is 0 Å². The number of hydrogen-bond donors (Lipinski definition) is 0. The smallest absolute Gasteiger partial charge is 0.308 e. The molecule has 0 aromatic heterocycles. The largest absolute Gasteiger partial charge is 0.466 e. The first-order valence-electron chi connectivity index (χ1n) is 6.62. The fraction of sp³-hybridized carbons (Fsp3) is 0.533. The molecular formula is C15H19FO2. The van der Waals surface area contributed by atoms with Crippen LogP contribution in [0, 0.1) is 11.7 Å². The van der Waals surface area contributed by atoms with Gasteiger partial charge in [-0.05, 0) is 56.2 Å². The average molecular weight is 250 g/mol. The van der Waals surface area contributed by atoms with E-state index in [1.165, 1.54) is 6.07 Å². The van der Waals surface area contributed by atoms with Crippen LogP contribution in [-0.4, -0.2) is 12.6 Å².